The normalized spacial score (nSPS) is 19.1. The average Bonchev–Trinajstić information content (AvgIpc) is 2.85. The van der Waals surface area contributed by atoms with Crippen molar-refractivity contribution in [3.63, 3.8) is 0 Å². The standard InChI is InChI=1S/C17H23NO/c1-17(2,3)18-9-6-13(7-10-18)15-5-4-14-8-11-19-16(14)12-15/h4-5,8,11-13H,6-7,9-10H2,1-3H3. The molecule has 2 aromatic rings. The Labute approximate surface area is 115 Å². The Hall–Kier alpha value is -1.28. The number of fused-ring (bicyclic) bond motifs is 1. The first kappa shape index (κ1) is 12.7. The van der Waals surface area contributed by atoms with Gasteiger partial charge < -0.3 is 4.42 Å². The van der Waals surface area contributed by atoms with Gasteiger partial charge in [-0.15, -0.1) is 0 Å². The van der Waals surface area contributed by atoms with Gasteiger partial charge >= 0.3 is 0 Å². The van der Waals surface area contributed by atoms with E-state index in [2.05, 4.69) is 43.9 Å². The van der Waals surface area contributed by atoms with Crippen molar-refractivity contribution in [2.24, 2.45) is 0 Å². The number of likely N-dealkylation sites (tertiary alicyclic amines) is 1. The lowest BCUT2D eigenvalue weighted by molar-refractivity contribution is 0.102. The van der Waals surface area contributed by atoms with Gasteiger partial charge in [-0.25, -0.2) is 0 Å². The lowest BCUT2D eigenvalue weighted by Crippen LogP contribution is -2.45. The Balaban J connectivity index is 1.74. The van der Waals surface area contributed by atoms with Crippen molar-refractivity contribution in [2.45, 2.75) is 45.1 Å². The summed E-state index contributed by atoms with van der Waals surface area (Å²) in [6, 6.07) is 8.72. The van der Waals surface area contributed by atoms with E-state index in [4.69, 9.17) is 4.42 Å². The molecule has 0 N–H and O–H groups in total. The third kappa shape index (κ3) is 2.55. The van der Waals surface area contributed by atoms with Gasteiger partial charge in [-0.3, -0.25) is 4.90 Å². The molecule has 0 spiro atoms. The highest BCUT2D eigenvalue weighted by molar-refractivity contribution is 5.77. The van der Waals surface area contributed by atoms with Crippen LogP contribution in [0, 0.1) is 0 Å². The van der Waals surface area contributed by atoms with Crippen LogP contribution >= 0.6 is 0 Å². The first-order chi connectivity index (χ1) is 9.04. The van der Waals surface area contributed by atoms with Crippen LogP contribution in [0.25, 0.3) is 11.0 Å². The molecule has 1 fully saturated rings. The van der Waals surface area contributed by atoms with Crippen LogP contribution in [0.1, 0.15) is 45.1 Å². The minimum Gasteiger partial charge on any atom is -0.464 e. The van der Waals surface area contributed by atoms with E-state index in [1.165, 1.54) is 36.9 Å². The van der Waals surface area contributed by atoms with E-state index in [9.17, 15) is 0 Å². The Morgan fingerprint density at radius 2 is 1.84 bits per heavy atom. The van der Waals surface area contributed by atoms with E-state index in [1.807, 2.05) is 6.07 Å². The maximum absolute atomic E-state index is 5.51. The molecule has 0 aliphatic carbocycles. The Morgan fingerprint density at radius 3 is 2.53 bits per heavy atom. The van der Waals surface area contributed by atoms with E-state index >= 15 is 0 Å². The van der Waals surface area contributed by atoms with Gasteiger partial charge in [0.25, 0.3) is 0 Å². The van der Waals surface area contributed by atoms with E-state index in [-0.39, 0.29) is 0 Å². The molecule has 2 heteroatoms. The number of rotatable bonds is 1. The lowest BCUT2D eigenvalue weighted by atomic mass is 9.87. The number of nitrogens with zero attached hydrogens (tertiary/aromatic N) is 1. The number of furan rings is 1. The largest absolute Gasteiger partial charge is 0.464 e. The molecular weight excluding hydrogens is 234 g/mol. The van der Waals surface area contributed by atoms with Gasteiger partial charge in [0, 0.05) is 10.9 Å². The third-order valence-corrected chi connectivity index (χ3v) is 4.40. The van der Waals surface area contributed by atoms with Crippen molar-refractivity contribution in [1.29, 1.82) is 0 Å². The average molecular weight is 257 g/mol. The van der Waals surface area contributed by atoms with Crippen LogP contribution in [-0.2, 0) is 0 Å². The van der Waals surface area contributed by atoms with Crippen LogP contribution in [0.2, 0.25) is 0 Å². The number of hydrogen-bond donors (Lipinski definition) is 0. The Kier molecular flexibility index (Phi) is 3.14. The van der Waals surface area contributed by atoms with Crippen molar-refractivity contribution in [2.75, 3.05) is 13.1 Å². The number of hydrogen-bond acceptors (Lipinski definition) is 2. The van der Waals surface area contributed by atoms with Crippen molar-refractivity contribution < 1.29 is 4.42 Å². The first-order valence-electron chi connectivity index (χ1n) is 7.26. The highest BCUT2D eigenvalue weighted by atomic mass is 16.3. The third-order valence-electron chi connectivity index (χ3n) is 4.40. The zero-order valence-electron chi connectivity index (χ0n) is 12.1. The molecule has 1 aromatic carbocycles. The van der Waals surface area contributed by atoms with Gasteiger partial charge in [0.2, 0.25) is 0 Å². The summed E-state index contributed by atoms with van der Waals surface area (Å²) in [6.45, 7) is 9.32. The molecule has 0 atom stereocenters. The van der Waals surface area contributed by atoms with Crippen molar-refractivity contribution in [3.8, 4) is 0 Å². The van der Waals surface area contributed by atoms with Gasteiger partial charge in [0.15, 0.2) is 0 Å². The van der Waals surface area contributed by atoms with Crippen LogP contribution < -0.4 is 0 Å². The molecule has 0 bridgehead atoms. The molecule has 2 heterocycles. The topological polar surface area (TPSA) is 16.4 Å². The number of piperidine rings is 1. The zero-order chi connectivity index (χ0) is 13.5. The second-order valence-electron chi connectivity index (χ2n) is 6.65. The summed E-state index contributed by atoms with van der Waals surface area (Å²) < 4.78 is 5.51. The van der Waals surface area contributed by atoms with Crippen molar-refractivity contribution >= 4 is 11.0 Å². The highest BCUT2D eigenvalue weighted by Gasteiger charge is 2.27. The minimum atomic E-state index is 0.302. The summed E-state index contributed by atoms with van der Waals surface area (Å²) in [4.78, 5) is 2.59. The molecule has 19 heavy (non-hydrogen) atoms. The maximum atomic E-state index is 5.51. The molecule has 2 nitrogen and oxygen atoms in total. The lowest BCUT2D eigenvalue weighted by Gasteiger charge is -2.41. The minimum absolute atomic E-state index is 0.302. The second kappa shape index (κ2) is 4.68. The summed E-state index contributed by atoms with van der Waals surface area (Å²) in [6.07, 6.45) is 4.28. The molecular formula is C17H23NO. The summed E-state index contributed by atoms with van der Waals surface area (Å²) in [7, 11) is 0. The van der Waals surface area contributed by atoms with Crippen molar-refractivity contribution in [1.82, 2.24) is 4.90 Å². The van der Waals surface area contributed by atoms with Crippen molar-refractivity contribution in [3.05, 3.63) is 36.1 Å². The van der Waals surface area contributed by atoms with E-state index in [1.54, 1.807) is 6.26 Å². The molecule has 0 radical (unpaired) electrons. The van der Waals surface area contributed by atoms with Crippen LogP contribution in [0.4, 0.5) is 0 Å². The number of benzene rings is 1. The molecule has 1 aromatic heterocycles. The van der Waals surface area contributed by atoms with Crippen LogP contribution in [-0.4, -0.2) is 23.5 Å². The maximum Gasteiger partial charge on any atom is 0.134 e. The van der Waals surface area contributed by atoms with Crippen LogP contribution in [0.15, 0.2) is 34.9 Å². The van der Waals surface area contributed by atoms with Crippen LogP contribution in [0.5, 0.6) is 0 Å². The monoisotopic (exact) mass is 257 g/mol. The molecule has 1 aliphatic rings. The summed E-state index contributed by atoms with van der Waals surface area (Å²) in [5.74, 6) is 0.688. The summed E-state index contributed by atoms with van der Waals surface area (Å²) >= 11 is 0. The predicted molar refractivity (Wildman–Crippen MR) is 79.5 cm³/mol. The molecule has 0 saturated carbocycles. The van der Waals surface area contributed by atoms with Crippen LogP contribution in [0.3, 0.4) is 0 Å². The Morgan fingerprint density at radius 1 is 1.11 bits per heavy atom. The molecule has 102 valence electrons. The van der Waals surface area contributed by atoms with Gasteiger partial charge in [-0.2, -0.15) is 0 Å². The molecule has 0 unspecified atom stereocenters. The fourth-order valence-corrected chi connectivity index (χ4v) is 3.11. The van der Waals surface area contributed by atoms with E-state index < -0.39 is 0 Å². The smallest absolute Gasteiger partial charge is 0.134 e. The SMILES string of the molecule is CC(C)(C)N1CCC(c2ccc3ccoc3c2)CC1. The van der Waals surface area contributed by atoms with E-state index in [0.29, 0.717) is 11.5 Å². The summed E-state index contributed by atoms with van der Waals surface area (Å²) in [5, 5.41) is 1.20. The molecule has 0 amide bonds. The van der Waals surface area contributed by atoms with Gasteiger partial charge in [-0.05, 0) is 70.3 Å². The van der Waals surface area contributed by atoms with Gasteiger partial charge in [-0.1, -0.05) is 12.1 Å². The predicted octanol–water partition coefficient (Wildman–Crippen LogP) is 4.41. The molecule has 1 saturated heterocycles. The van der Waals surface area contributed by atoms with Gasteiger partial charge in [0.05, 0.1) is 6.26 Å². The zero-order valence-corrected chi connectivity index (χ0v) is 12.1. The van der Waals surface area contributed by atoms with Gasteiger partial charge in [0.1, 0.15) is 5.58 Å². The second-order valence-corrected chi connectivity index (χ2v) is 6.65. The first-order valence-corrected chi connectivity index (χ1v) is 7.26. The summed E-state index contributed by atoms with van der Waals surface area (Å²) in [5.41, 5.74) is 2.77. The highest BCUT2D eigenvalue weighted by Crippen LogP contribution is 2.32. The molecule has 3 rings (SSSR count). The Bertz CT molecular complexity index is 556. The van der Waals surface area contributed by atoms with E-state index in [0.717, 1.165) is 5.58 Å². The fraction of sp³-hybridized carbons (Fsp3) is 0.529. The molecule has 1 aliphatic heterocycles. The fourth-order valence-electron chi connectivity index (χ4n) is 3.11. The quantitative estimate of drug-likeness (QED) is 0.752.